The fourth-order valence-electron chi connectivity index (χ4n) is 2.04. The Bertz CT molecular complexity index is 128. The Morgan fingerprint density at radius 1 is 1.31 bits per heavy atom. The average Bonchev–Trinajstić information content (AvgIpc) is 2.57. The van der Waals surface area contributed by atoms with Crippen LogP contribution in [0.1, 0.15) is 39.5 Å². The Hall–Kier alpha value is -0.0800. The molecule has 0 saturated heterocycles. The second-order valence-corrected chi connectivity index (χ2v) is 4.63. The molecule has 1 aliphatic carbocycles. The van der Waals surface area contributed by atoms with Crippen LogP contribution in [0.25, 0.3) is 0 Å². The van der Waals surface area contributed by atoms with Gasteiger partial charge in [-0.3, -0.25) is 0 Å². The van der Waals surface area contributed by atoms with Crippen molar-refractivity contribution in [2.24, 2.45) is 17.6 Å². The third-order valence-corrected chi connectivity index (χ3v) is 3.27. The SMILES string of the molecule is CC(C)C(CN)CNC1CCCC1. The van der Waals surface area contributed by atoms with Crippen LogP contribution in [0.3, 0.4) is 0 Å². The summed E-state index contributed by atoms with van der Waals surface area (Å²) in [5, 5.41) is 3.63. The molecule has 0 heterocycles. The van der Waals surface area contributed by atoms with Gasteiger partial charge in [0.25, 0.3) is 0 Å². The van der Waals surface area contributed by atoms with Gasteiger partial charge in [-0.2, -0.15) is 0 Å². The maximum Gasteiger partial charge on any atom is 0.00671 e. The molecule has 1 saturated carbocycles. The van der Waals surface area contributed by atoms with E-state index >= 15 is 0 Å². The van der Waals surface area contributed by atoms with Gasteiger partial charge in [0.1, 0.15) is 0 Å². The molecule has 1 fully saturated rings. The topological polar surface area (TPSA) is 38.0 Å². The van der Waals surface area contributed by atoms with Crippen LogP contribution in [-0.2, 0) is 0 Å². The molecule has 0 aromatic carbocycles. The van der Waals surface area contributed by atoms with E-state index in [-0.39, 0.29) is 0 Å². The van der Waals surface area contributed by atoms with E-state index < -0.39 is 0 Å². The smallest absolute Gasteiger partial charge is 0.00671 e. The first-order valence-corrected chi connectivity index (χ1v) is 5.67. The molecule has 1 rings (SSSR count). The monoisotopic (exact) mass is 184 g/mol. The molecule has 13 heavy (non-hydrogen) atoms. The molecule has 0 aliphatic heterocycles. The molecule has 2 nitrogen and oxygen atoms in total. The Morgan fingerprint density at radius 3 is 2.38 bits per heavy atom. The van der Waals surface area contributed by atoms with E-state index in [4.69, 9.17) is 5.73 Å². The summed E-state index contributed by atoms with van der Waals surface area (Å²) in [7, 11) is 0. The molecule has 1 aliphatic rings. The Morgan fingerprint density at radius 2 is 1.92 bits per heavy atom. The lowest BCUT2D eigenvalue weighted by Gasteiger charge is -2.21. The van der Waals surface area contributed by atoms with Crippen molar-refractivity contribution in [2.75, 3.05) is 13.1 Å². The normalized spacial score (nSPS) is 21.2. The lowest BCUT2D eigenvalue weighted by Crippen LogP contribution is -2.36. The van der Waals surface area contributed by atoms with Gasteiger partial charge in [0.05, 0.1) is 0 Å². The number of nitrogens with one attached hydrogen (secondary N) is 1. The highest BCUT2D eigenvalue weighted by molar-refractivity contribution is 4.76. The summed E-state index contributed by atoms with van der Waals surface area (Å²) in [6.45, 7) is 6.44. The van der Waals surface area contributed by atoms with Gasteiger partial charge in [-0.1, -0.05) is 26.7 Å². The van der Waals surface area contributed by atoms with E-state index in [2.05, 4.69) is 19.2 Å². The van der Waals surface area contributed by atoms with Crippen LogP contribution in [0.4, 0.5) is 0 Å². The zero-order valence-electron chi connectivity index (χ0n) is 9.05. The number of nitrogens with two attached hydrogens (primary N) is 1. The molecule has 78 valence electrons. The van der Waals surface area contributed by atoms with Crippen LogP contribution in [-0.4, -0.2) is 19.1 Å². The zero-order valence-corrected chi connectivity index (χ0v) is 9.05. The molecular formula is C11H24N2. The summed E-state index contributed by atoms with van der Waals surface area (Å²) in [6.07, 6.45) is 5.56. The molecule has 0 bridgehead atoms. The predicted molar refractivity (Wildman–Crippen MR) is 57.6 cm³/mol. The Labute approximate surface area is 82.3 Å². The van der Waals surface area contributed by atoms with E-state index in [0.717, 1.165) is 19.1 Å². The molecule has 0 spiro atoms. The predicted octanol–water partition coefficient (Wildman–Crippen LogP) is 1.75. The van der Waals surface area contributed by atoms with E-state index in [0.29, 0.717) is 11.8 Å². The second-order valence-electron chi connectivity index (χ2n) is 4.63. The van der Waals surface area contributed by atoms with Gasteiger partial charge in [0.15, 0.2) is 0 Å². The Kier molecular flexibility index (Phi) is 4.74. The van der Waals surface area contributed by atoms with Crippen molar-refractivity contribution in [1.29, 1.82) is 0 Å². The van der Waals surface area contributed by atoms with Crippen molar-refractivity contribution in [1.82, 2.24) is 5.32 Å². The highest BCUT2D eigenvalue weighted by atomic mass is 14.9. The molecule has 1 atom stereocenters. The van der Waals surface area contributed by atoms with Crippen molar-refractivity contribution < 1.29 is 0 Å². The quantitative estimate of drug-likeness (QED) is 0.683. The van der Waals surface area contributed by atoms with Crippen molar-refractivity contribution in [3.63, 3.8) is 0 Å². The van der Waals surface area contributed by atoms with Crippen LogP contribution in [0, 0.1) is 11.8 Å². The first kappa shape index (κ1) is 11.0. The van der Waals surface area contributed by atoms with Crippen LogP contribution < -0.4 is 11.1 Å². The van der Waals surface area contributed by atoms with Crippen molar-refractivity contribution in [3.8, 4) is 0 Å². The number of rotatable bonds is 5. The molecule has 0 aromatic rings. The summed E-state index contributed by atoms with van der Waals surface area (Å²) in [5.41, 5.74) is 5.72. The summed E-state index contributed by atoms with van der Waals surface area (Å²) in [4.78, 5) is 0. The van der Waals surface area contributed by atoms with Crippen molar-refractivity contribution in [2.45, 2.75) is 45.6 Å². The van der Waals surface area contributed by atoms with Gasteiger partial charge < -0.3 is 11.1 Å². The summed E-state index contributed by atoms with van der Waals surface area (Å²) < 4.78 is 0. The zero-order chi connectivity index (χ0) is 9.68. The minimum Gasteiger partial charge on any atom is -0.330 e. The van der Waals surface area contributed by atoms with E-state index in [1.807, 2.05) is 0 Å². The standard InChI is InChI=1S/C11H24N2/c1-9(2)10(7-12)8-13-11-5-3-4-6-11/h9-11,13H,3-8,12H2,1-2H3. The largest absolute Gasteiger partial charge is 0.330 e. The van der Waals surface area contributed by atoms with Gasteiger partial charge in [-0.15, -0.1) is 0 Å². The molecule has 0 amide bonds. The molecular weight excluding hydrogens is 160 g/mol. The fraction of sp³-hybridized carbons (Fsp3) is 1.00. The third-order valence-electron chi connectivity index (χ3n) is 3.27. The van der Waals surface area contributed by atoms with E-state index in [1.54, 1.807) is 0 Å². The van der Waals surface area contributed by atoms with Gasteiger partial charge in [-0.05, 0) is 37.8 Å². The highest BCUT2D eigenvalue weighted by Crippen LogP contribution is 2.18. The number of hydrogen-bond donors (Lipinski definition) is 2. The van der Waals surface area contributed by atoms with Crippen LogP contribution >= 0.6 is 0 Å². The molecule has 0 radical (unpaired) electrons. The van der Waals surface area contributed by atoms with Gasteiger partial charge in [0, 0.05) is 6.04 Å². The Balaban J connectivity index is 2.15. The lowest BCUT2D eigenvalue weighted by atomic mass is 9.96. The maximum absolute atomic E-state index is 5.72. The fourth-order valence-corrected chi connectivity index (χ4v) is 2.04. The number of hydrogen-bond acceptors (Lipinski definition) is 2. The lowest BCUT2D eigenvalue weighted by molar-refractivity contribution is 0.350. The molecule has 2 heteroatoms. The van der Waals surface area contributed by atoms with Crippen LogP contribution in [0.5, 0.6) is 0 Å². The summed E-state index contributed by atoms with van der Waals surface area (Å²) in [6, 6.07) is 0.785. The van der Waals surface area contributed by atoms with Gasteiger partial charge >= 0.3 is 0 Å². The third kappa shape index (κ3) is 3.65. The minimum atomic E-state index is 0.653. The molecule has 3 N–H and O–H groups in total. The first-order chi connectivity index (χ1) is 6.24. The second kappa shape index (κ2) is 5.61. The average molecular weight is 184 g/mol. The van der Waals surface area contributed by atoms with E-state index in [1.165, 1.54) is 25.7 Å². The first-order valence-electron chi connectivity index (χ1n) is 5.67. The molecule has 1 unspecified atom stereocenters. The molecule has 0 aromatic heterocycles. The summed E-state index contributed by atoms with van der Waals surface area (Å²) in [5.74, 6) is 1.36. The summed E-state index contributed by atoms with van der Waals surface area (Å²) >= 11 is 0. The highest BCUT2D eigenvalue weighted by Gasteiger charge is 2.17. The maximum atomic E-state index is 5.72. The van der Waals surface area contributed by atoms with E-state index in [9.17, 15) is 0 Å². The minimum absolute atomic E-state index is 0.653. The van der Waals surface area contributed by atoms with Crippen LogP contribution in [0.15, 0.2) is 0 Å². The van der Waals surface area contributed by atoms with Crippen molar-refractivity contribution in [3.05, 3.63) is 0 Å². The van der Waals surface area contributed by atoms with Gasteiger partial charge in [-0.25, -0.2) is 0 Å². The van der Waals surface area contributed by atoms with Crippen molar-refractivity contribution >= 4 is 0 Å². The van der Waals surface area contributed by atoms with Gasteiger partial charge in [0.2, 0.25) is 0 Å². The van der Waals surface area contributed by atoms with Crippen LogP contribution in [0.2, 0.25) is 0 Å².